The summed E-state index contributed by atoms with van der Waals surface area (Å²) in [7, 11) is 0. The van der Waals surface area contributed by atoms with E-state index >= 15 is 0 Å². The van der Waals surface area contributed by atoms with E-state index < -0.39 is 4.92 Å². The van der Waals surface area contributed by atoms with E-state index in [0.29, 0.717) is 5.75 Å². The first-order valence-corrected chi connectivity index (χ1v) is 5.15. The number of aromatic nitrogens is 1. The third-order valence-corrected chi connectivity index (χ3v) is 2.27. The molecule has 0 aliphatic heterocycles. The molecule has 1 heterocycles. The number of aryl methyl sites for hydroxylation is 1. The van der Waals surface area contributed by atoms with Crippen LogP contribution in [0, 0.1) is 17.0 Å². The van der Waals surface area contributed by atoms with Crippen molar-refractivity contribution in [2.24, 2.45) is 0 Å². The maximum atomic E-state index is 10.6. The van der Waals surface area contributed by atoms with Crippen molar-refractivity contribution in [1.29, 1.82) is 0 Å². The quantitative estimate of drug-likeness (QED) is 0.664. The molecule has 2 rings (SSSR count). The first-order valence-electron chi connectivity index (χ1n) is 5.15. The molecule has 0 amide bonds. The predicted molar refractivity (Wildman–Crippen MR) is 63.8 cm³/mol. The number of hydrogen-bond donors (Lipinski definition) is 1. The highest BCUT2D eigenvalue weighted by Crippen LogP contribution is 2.25. The number of ether oxygens (including phenoxy) is 1. The molecule has 1 aromatic heterocycles. The lowest BCUT2D eigenvalue weighted by Gasteiger charge is -2.05. The zero-order valence-corrected chi connectivity index (χ0v) is 9.53. The van der Waals surface area contributed by atoms with Crippen LogP contribution in [0.15, 0.2) is 36.4 Å². The third-order valence-electron chi connectivity index (χ3n) is 2.27. The smallest absolute Gasteiger partial charge is 0.290 e. The first-order chi connectivity index (χ1) is 8.56. The molecule has 18 heavy (non-hydrogen) atoms. The maximum Gasteiger partial charge on any atom is 0.290 e. The van der Waals surface area contributed by atoms with Crippen molar-refractivity contribution in [1.82, 2.24) is 4.98 Å². The topological polar surface area (TPSA) is 85.5 Å². The molecule has 0 radical (unpaired) electrons. The average Bonchev–Trinajstić information content (AvgIpc) is 2.28. The van der Waals surface area contributed by atoms with E-state index in [1.165, 1.54) is 31.2 Å². The van der Waals surface area contributed by atoms with E-state index in [-0.39, 0.29) is 23.0 Å². The van der Waals surface area contributed by atoms with Gasteiger partial charge in [0, 0.05) is 18.2 Å². The summed E-state index contributed by atoms with van der Waals surface area (Å²) in [4.78, 5) is 14.1. The van der Waals surface area contributed by atoms with Gasteiger partial charge in [-0.25, -0.2) is 4.98 Å². The summed E-state index contributed by atoms with van der Waals surface area (Å²) < 4.78 is 5.38. The molecule has 92 valence electrons. The molecule has 6 nitrogen and oxygen atoms in total. The summed E-state index contributed by atoms with van der Waals surface area (Å²) >= 11 is 0. The molecular weight excluding hydrogens is 236 g/mol. The van der Waals surface area contributed by atoms with Crippen molar-refractivity contribution in [2.45, 2.75) is 6.92 Å². The molecule has 0 fully saturated rings. The Bertz CT molecular complexity index is 598. The van der Waals surface area contributed by atoms with Crippen molar-refractivity contribution in [3.63, 3.8) is 0 Å². The van der Waals surface area contributed by atoms with E-state index in [2.05, 4.69) is 4.98 Å². The lowest BCUT2D eigenvalue weighted by atomic mass is 10.3. The minimum Gasteiger partial charge on any atom is -0.508 e. The number of phenolic OH excluding ortho intramolecular Hbond substituents is 1. The normalized spacial score (nSPS) is 10.1. The van der Waals surface area contributed by atoms with Gasteiger partial charge in [0.1, 0.15) is 17.2 Å². The second-order valence-corrected chi connectivity index (χ2v) is 3.61. The SMILES string of the molecule is Cc1nc(Oc2cccc(O)c2)ccc1[N+](=O)[O-]. The van der Waals surface area contributed by atoms with Crippen LogP contribution in [0.3, 0.4) is 0 Å². The van der Waals surface area contributed by atoms with Crippen LogP contribution in [0.1, 0.15) is 5.69 Å². The summed E-state index contributed by atoms with van der Waals surface area (Å²) in [6.45, 7) is 1.54. The lowest BCUT2D eigenvalue weighted by Crippen LogP contribution is -1.96. The molecule has 2 aromatic rings. The summed E-state index contributed by atoms with van der Waals surface area (Å²) in [5.41, 5.74) is 0.218. The van der Waals surface area contributed by atoms with Crippen LogP contribution in [0.5, 0.6) is 17.4 Å². The Morgan fingerprint density at radius 1 is 1.33 bits per heavy atom. The highest BCUT2D eigenvalue weighted by molar-refractivity contribution is 5.39. The fourth-order valence-electron chi connectivity index (χ4n) is 1.45. The van der Waals surface area contributed by atoms with Crippen molar-refractivity contribution in [2.75, 3.05) is 0 Å². The van der Waals surface area contributed by atoms with Gasteiger partial charge in [0.05, 0.1) is 4.92 Å². The second kappa shape index (κ2) is 4.70. The van der Waals surface area contributed by atoms with Gasteiger partial charge < -0.3 is 9.84 Å². The fourth-order valence-corrected chi connectivity index (χ4v) is 1.45. The highest BCUT2D eigenvalue weighted by atomic mass is 16.6. The fraction of sp³-hybridized carbons (Fsp3) is 0.0833. The predicted octanol–water partition coefficient (Wildman–Crippen LogP) is 2.80. The van der Waals surface area contributed by atoms with Crippen molar-refractivity contribution >= 4 is 5.69 Å². The zero-order valence-electron chi connectivity index (χ0n) is 9.53. The first kappa shape index (κ1) is 11.8. The molecule has 1 aromatic carbocycles. The van der Waals surface area contributed by atoms with Crippen LogP contribution in [-0.4, -0.2) is 15.0 Å². The Kier molecular flexibility index (Phi) is 3.09. The van der Waals surface area contributed by atoms with Crippen molar-refractivity contribution in [3.05, 3.63) is 52.2 Å². The molecule has 0 spiro atoms. The molecule has 6 heteroatoms. The minimum atomic E-state index is -0.500. The molecule has 0 saturated heterocycles. The Morgan fingerprint density at radius 2 is 2.11 bits per heavy atom. The lowest BCUT2D eigenvalue weighted by molar-refractivity contribution is -0.385. The van der Waals surface area contributed by atoms with E-state index in [9.17, 15) is 15.2 Å². The molecule has 0 bridgehead atoms. The minimum absolute atomic E-state index is 0.0572. The maximum absolute atomic E-state index is 10.6. The van der Waals surface area contributed by atoms with E-state index in [1.54, 1.807) is 12.1 Å². The summed E-state index contributed by atoms with van der Waals surface area (Å²) in [6, 6.07) is 8.97. The number of hydrogen-bond acceptors (Lipinski definition) is 5. The monoisotopic (exact) mass is 246 g/mol. The molecule has 0 saturated carbocycles. The number of phenols is 1. The molecule has 0 aliphatic rings. The van der Waals surface area contributed by atoms with Crippen molar-refractivity contribution in [3.8, 4) is 17.4 Å². The zero-order chi connectivity index (χ0) is 13.1. The van der Waals surface area contributed by atoms with E-state index in [4.69, 9.17) is 4.74 Å². The van der Waals surface area contributed by atoms with Crippen LogP contribution >= 0.6 is 0 Å². The van der Waals surface area contributed by atoms with Gasteiger partial charge in [0.25, 0.3) is 5.69 Å². The van der Waals surface area contributed by atoms with Gasteiger partial charge in [-0.15, -0.1) is 0 Å². The molecule has 0 atom stereocenters. The van der Waals surface area contributed by atoms with Gasteiger partial charge in [0.2, 0.25) is 5.88 Å². The number of nitro groups is 1. The van der Waals surface area contributed by atoms with Crippen LogP contribution < -0.4 is 4.74 Å². The number of rotatable bonds is 3. The standard InChI is InChI=1S/C12H10N2O4/c1-8-11(14(16)17)5-6-12(13-8)18-10-4-2-3-9(15)7-10/h2-7,15H,1H3. The van der Waals surface area contributed by atoms with Crippen molar-refractivity contribution < 1.29 is 14.8 Å². The number of nitrogens with zero attached hydrogens (tertiary/aromatic N) is 2. The third kappa shape index (κ3) is 2.54. The Morgan fingerprint density at radius 3 is 2.72 bits per heavy atom. The summed E-state index contributed by atoms with van der Waals surface area (Å²) in [5.74, 6) is 0.727. The van der Waals surface area contributed by atoms with Gasteiger partial charge in [-0.05, 0) is 19.1 Å². The highest BCUT2D eigenvalue weighted by Gasteiger charge is 2.12. The summed E-state index contributed by atoms with van der Waals surface area (Å²) in [6.07, 6.45) is 0. The van der Waals surface area contributed by atoms with Gasteiger partial charge in [0.15, 0.2) is 0 Å². The molecule has 1 N–H and O–H groups in total. The van der Waals surface area contributed by atoms with Gasteiger partial charge >= 0.3 is 0 Å². The largest absolute Gasteiger partial charge is 0.508 e. The number of aromatic hydroxyl groups is 1. The summed E-state index contributed by atoms with van der Waals surface area (Å²) in [5, 5.41) is 19.9. The van der Waals surface area contributed by atoms with Gasteiger partial charge in [-0.1, -0.05) is 6.07 Å². The Labute approximate surface area is 103 Å². The van der Waals surface area contributed by atoms with E-state index in [0.717, 1.165) is 0 Å². The average molecular weight is 246 g/mol. The van der Waals surface area contributed by atoms with Crippen LogP contribution in [0.25, 0.3) is 0 Å². The van der Waals surface area contributed by atoms with Crippen LogP contribution in [0.4, 0.5) is 5.69 Å². The van der Waals surface area contributed by atoms with Crippen LogP contribution in [-0.2, 0) is 0 Å². The Hall–Kier alpha value is -2.63. The number of benzene rings is 1. The number of pyridine rings is 1. The Balaban J connectivity index is 2.25. The second-order valence-electron chi connectivity index (χ2n) is 3.61. The molecular formula is C12H10N2O4. The van der Waals surface area contributed by atoms with Crippen LogP contribution in [0.2, 0.25) is 0 Å². The molecule has 0 unspecified atom stereocenters. The van der Waals surface area contributed by atoms with Gasteiger partial charge in [-0.2, -0.15) is 0 Å². The van der Waals surface area contributed by atoms with Gasteiger partial charge in [-0.3, -0.25) is 10.1 Å². The molecule has 0 aliphatic carbocycles. The van der Waals surface area contributed by atoms with E-state index in [1.807, 2.05) is 0 Å².